The Morgan fingerprint density at radius 3 is 1.27 bits per heavy atom. The third-order valence-corrected chi connectivity index (χ3v) is 15.8. The maximum absolute atomic E-state index is 6.33. The van der Waals surface area contributed by atoms with Crippen LogP contribution in [0.4, 0.5) is 34.1 Å². The predicted octanol–water partition coefficient (Wildman–Crippen LogP) is 20.4. The third-order valence-electron chi connectivity index (χ3n) is 15.8. The van der Waals surface area contributed by atoms with Gasteiger partial charge in [0.05, 0.1) is 0 Å². The Hall–Kier alpha value is -9.64. The minimum atomic E-state index is -0.327. The first-order valence-corrected chi connectivity index (χ1v) is 25.8. The molecule has 15 rings (SSSR count). The van der Waals surface area contributed by atoms with Crippen molar-refractivity contribution in [3.63, 3.8) is 0 Å². The van der Waals surface area contributed by atoms with E-state index < -0.39 is 0 Å². The van der Waals surface area contributed by atoms with Crippen molar-refractivity contribution < 1.29 is 8.83 Å². The van der Waals surface area contributed by atoms with Crippen LogP contribution in [-0.2, 0) is 5.41 Å². The van der Waals surface area contributed by atoms with Crippen LogP contribution in [0.25, 0.3) is 98.8 Å². The van der Waals surface area contributed by atoms with Gasteiger partial charge in [0.25, 0.3) is 0 Å². The molecule has 2 heterocycles. The van der Waals surface area contributed by atoms with E-state index in [1.54, 1.807) is 0 Å². The first kappa shape index (κ1) is 43.0. The molecule has 75 heavy (non-hydrogen) atoms. The summed E-state index contributed by atoms with van der Waals surface area (Å²) < 4.78 is 12.7. The molecular weight excluding hydrogens is 913 g/mol. The zero-order chi connectivity index (χ0) is 49.8. The van der Waals surface area contributed by atoms with Gasteiger partial charge >= 0.3 is 0 Å². The minimum absolute atomic E-state index is 0.327. The molecule has 0 aliphatic heterocycles. The number of anilines is 6. The summed E-state index contributed by atoms with van der Waals surface area (Å²) in [6, 6.07) is 92.4. The molecule has 0 saturated heterocycles. The lowest BCUT2D eigenvalue weighted by Crippen LogP contribution is -2.24. The second-order valence-electron chi connectivity index (χ2n) is 20.5. The molecule has 0 radical (unpaired) electrons. The van der Waals surface area contributed by atoms with Gasteiger partial charge in [-0.25, -0.2) is 0 Å². The molecule has 14 aromatic rings. The lowest BCUT2D eigenvalue weighted by atomic mass is 9.68. The van der Waals surface area contributed by atoms with Crippen molar-refractivity contribution in [2.75, 3.05) is 9.80 Å². The average Bonchev–Trinajstić information content (AvgIpc) is 4.09. The SMILES string of the molecule is CC1(C)c2cc(N(c3ccc(-c4ccccc4)cc3)c3ccc4oc5ccccc5c4c3)ccc2-c2cc3ccc(N(c4ccc(-c5ccccc5)cc4)c4ccc5oc6ccccc6c5c4)cc3c3cccc1c23. The van der Waals surface area contributed by atoms with Gasteiger partial charge in [0, 0.05) is 61.1 Å². The molecule has 0 amide bonds. The predicted molar refractivity (Wildman–Crippen MR) is 314 cm³/mol. The zero-order valence-electron chi connectivity index (χ0n) is 41.5. The Balaban J connectivity index is 0.879. The quantitative estimate of drug-likeness (QED) is 0.142. The van der Waals surface area contributed by atoms with Gasteiger partial charge in [-0.3, -0.25) is 0 Å². The highest BCUT2D eigenvalue weighted by atomic mass is 16.3. The van der Waals surface area contributed by atoms with Gasteiger partial charge in [0.1, 0.15) is 22.3 Å². The molecule has 0 saturated carbocycles. The summed E-state index contributed by atoms with van der Waals surface area (Å²) in [5.41, 5.74) is 19.6. The zero-order valence-corrected chi connectivity index (χ0v) is 41.5. The van der Waals surface area contributed by atoms with E-state index in [4.69, 9.17) is 8.83 Å². The smallest absolute Gasteiger partial charge is 0.135 e. The highest BCUT2D eigenvalue weighted by Gasteiger charge is 2.35. The van der Waals surface area contributed by atoms with E-state index in [9.17, 15) is 0 Å². The van der Waals surface area contributed by atoms with Crippen LogP contribution in [-0.4, -0.2) is 0 Å². The summed E-state index contributed by atoms with van der Waals surface area (Å²) in [5.74, 6) is 0. The normalized spacial score (nSPS) is 12.8. The molecule has 0 bridgehead atoms. The van der Waals surface area contributed by atoms with Crippen LogP contribution in [0.2, 0.25) is 0 Å². The van der Waals surface area contributed by atoms with Crippen molar-refractivity contribution in [1.82, 2.24) is 0 Å². The number of rotatable bonds is 8. The number of para-hydroxylation sites is 2. The molecule has 1 aliphatic carbocycles. The fourth-order valence-corrected chi connectivity index (χ4v) is 12.1. The summed E-state index contributed by atoms with van der Waals surface area (Å²) >= 11 is 0. The van der Waals surface area contributed by atoms with Gasteiger partial charge in [-0.15, -0.1) is 0 Å². The molecule has 0 fully saturated rings. The Bertz CT molecular complexity index is 4550. The molecule has 4 heteroatoms. The van der Waals surface area contributed by atoms with Gasteiger partial charge < -0.3 is 18.6 Å². The second kappa shape index (κ2) is 16.7. The monoisotopic (exact) mass is 960 g/mol. The average molecular weight is 961 g/mol. The molecule has 1 aliphatic rings. The lowest BCUT2D eigenvalue weighted by molar-refractivity contribution is 0.645. The molecule has 0 N–H and O–H groups in total. The van der Waals surface area contributed by atoms with E-state index >= 15 is 0 Å². The highest BCUT2D eigenvalue weighted by Crippen LogP contribution is 2.53. The van der Waals surface area contributed by atoms with Crippen LogP contribution in [0.1, 0.15) is 25.0 Å². The fourth-order valence-electron chi connectivity index (χ4n) is 12.1. The highest BCUT2D eigenvalue weighted by molar-refractivity contribution is 6.18. The third kappa shape index (κ3) is 6.91. The van der Waals surface area contributed by atoms with Crippen molar-refractivity contribution in [2.24, 2.45) is 0 Å². The Kier molecular flexibility index (Phi) is 9.58. The maximum Gasteiger partial charge on any atom is 0.135 e. The summed E-state index contributed by atoms with van der Waals surface area (Å²) in [4.78, 5) is 4.79. The first-order chi connectivity index (χ1) is 36.9. The van der Waals surface area contributed by atoms with Crippen LogP contribution in [0.5, 0.6) is 0 Å². The lowest BCUT2D eigenvalue weighted by Gasteiger charge is -2.37. The summed E-state index contributed by atoms with van der Waals surface area (Å²) in [5, 5.41) is 9.39. The number of benzene rings is 12. The Morgan fingerprint density at radius 1 is 0.280 bits per heavy atom. The van der Waals surface area contributed by atoms with Crippen molar-refractivity contribution in [1.29, 1.82) is 0 Å². The van der Waals surface area contributed by atoms with E-state index in [0.29, 0.717) is 0 Å². The summed E-state index contributed by atoms with van der Waals surface area (Å²) in [6.45, 7) is 4.79. The maximum atomic E-state index is 6.33. The number of nitrogens with zero attached hydrogens (tertiary/aromatic N) is 2. The standard InChI is InChI=1S/C71H48N2O2/c1-71(2)64-21-13-20-59-60-41-52(72(50-29-24-47(25-30-50)45-14-5-3-6-15-45)53-35-38-68-61(42-53)57-18-9-11-22-66(57)74-68)33-28-49(60)40-63(70(59)64)56-37-34-55(44-65(56)71)73(51-31-26-48(27-32-51)46-16-7-4-8-17-46)54-36-39-69-62(43-54)58-19-10-12-23-67(58)75-69/h3-44H,1-2H3. The Morgan fingerprint density at radius 2 is 0.707 bits per heavy atom. The van der Waals surface area contributed by atoms with Crippen molar-refractivity contribution >= 4 is 99.5 Å². The van der Waals surface area contributed by atoms with Crippen LogP contribution in [0.15, 0.2) is 264 Å². The van der Waals surface area contributed by atoms with Crippen LogP contribution in [0, 0.1) is 0 Å². The molecule has 0 atom stereocenters. The van der Waals surface area contributed by atoms with E-state index in [1.165, 1.54) is 66.1 Å². The van der Waals surface area contributed by atoms with Crippen molar-refractivity contribution in [3.05, 3.63) is 266 Å². The largest absolute Gasteiger partial charge is 0.456 e. The number of hydrogen-bond donors (Lipinski definition) is 0. The van der Waals surface area contributed by atoms with Gasteiger partial charge in [0.15, 0.2) is 0 Å². The molecule has 354 valence electrons. The van der Waals surface area contributed by atoms with Crippen LogP contribution >= 0.6 is 0 Å². The van der Waals surface area contributed by atoms with Gasteiger partial charge in [-0.1, -0.05) is 166 Å². The van der Waals surface area contributed by atoms with E-state index in [1.807, 2.05) is 24.3 Å². The molecule has 0 spiro atoms. The molecule has 2 aromatic heterocycles. The number of hydrogen-bond acceptors (Lipinski definition) is 4. The fraction of sp³-hybridized carbons (Fsp3) is 0.0423. The van der Waals surface area contributed by atoms with Crippen LogP contribution < -0.4 is 9.80 Å². The van der Waals surface area contributed by atoms with E-state index in [-0.39, 0.29) is 5.41 Å². The van der Waals surface area contributed by atoms with Crippen LogP contribution in [0.3, 0.4) is 0 Å². The van der Waals surface area contributed by atoms with E-state index in [2.05, 4.69) is 254 Å². The summed E-state index contributed by atoms with van der Waals surface area (Å²) in [6.07, 6.45) is 0. The summed E-state index contributed by atoms with van der Waals surface area (Å²) in [7, 11) is 0. The van der Waals surface area contributed by atoms with Crippen molar-refractivity contribution in [3.8, 4) is 33.4 Å². The molecule has 4 nitrogen and oxygen atoms in total. The molecule has 0 unspecified atom stereocenters. The van der Waals surface area contributed by atoms with Gasteiger partial charge in [-0.2, -0.15) is 0 Å². The van der Waals surface area contributed by atoms with Gasteiger partial charge in [-0.05, 0) is 169 Å². The van der Waals surface area contributed by atoms with Gasteiger partial charge in [0.2, 0.25) is 0 Å². The van der Waals surface area contributed by atoms with Crippen molar-refractivity contribution in [2.45, 2.75) is 19.3 Å². The minimum Gasteiger partial charge on any atom is -0.456 e. The number of furan rings is 2. The second-order valence-corrected chi connectivity index (χ2v) is 20.5. The Labute approximate surface area is 434 Å². The van der Waals surface area contributed by atoms with E-state index in [0.717, 1.165) is 78.0 Å². The molecule has 12 aromatic carbocycles. The molecular formula is C71H48N2O2. The topological polar surface area (TPSA) is 32.8 Å². The number of fused-ring (bicyclic) bond motifs is 10. The first-order valence-electron chi connectivity index (χ1n) is 25.8.